The molecule has 1 saturated heterocycles. The van der Waals surface area contributed by atoms with Crippen molar-refractivity contribution in [1.82, 2.24) is 5.32 Å². The van der Waals surface area contributed by atoms with E-state index in [1.165, 1.54) is 57.8 Å². The van der Waals surface area contributed by atoms with Crippen LogP contribution in [0.4, 0.5) is 0 Å². The summed E-state index contributed by atoms with van der Waals surface area (Å²) in [5, 5.41) is 14.2. The summed E-state index contributed by atoms with van der Waals surface area (Å²) in [5.74, 6) is 6.22. The van der Waals surface area contributed by atoms with Gasteiger partial charge in [-0.2, -0.15) is 0 Å². The number of aliphatic hydroxyl groups is 1. The highest BCUT2D eigenvalue weighted by molar-refractivity contribution is 5.14. The lowest BCUT2D eigenvalue weighted by Crippen LogP contribution is -2.49. The van der Waals surface area contributed by atoms with Gasteiger partial charge in [0.05, 0.1) is 19.3 Å². The highest BCUT2D eigenvalue weighted by Crippen LogP contribution is 2.21. The van der Waals surface area contributed by atoms with Gasteiger partial charge in [-0.05, 0) is 25.8 Å². The van der Waals surface area contributed by atoms with Crippen LogP contribution >= 0.6 is 0 Å². The smallest absolute Gasteiger partial charge is 0.142 e. The Morgan fingerprint density at radius 3 is 2.25 bits per heavy atom. The van der Waals surface area contributed by atoms with Gasteiger partial charge in [0.1, 0.15) is 17.9 Å². The lowest BCUT2D eigenvalue weighted by molar-refractivity contribution is -0.0417. The molecule has 0 unspecified atom stereocenters. The Labute approximate surface area is 196 Å². The molecule has 2 rings (SSSR count). The zero-order chi connectivity index (χ0) is 23.1. The first kappa shape index (κ1) is 26.9. The van der Waals surface area contributed by atoms with Crippen LogP contribution in [-0.2, 0) is 16.1 Å². The fraction of sp³-hybridized carbons (Fsp3) is 0.714. The minimum atomic E-state index is -0.836. The lowest BCUT2D eigenvalue weighted by atomic mass is 10.0. The van der Waals surface area contributed by atoms with Crippen LogP contribution in [0, 0.1) is 11.8 Å². The molecule has 4 nitrogen and oxygen atoms in total. The van der Waals surface area contributed by atoms with Crippen LogP contribution in [-0.4, -0.2) is 35.7 Å². The van der Waals surface area contributed by atoms with E-state index in [2.05, 4.69) is 24.1 Å². The van der Waals surface area contributed by atoms with Crippen LogP contribution in [0.15, 0.2) is 30.3 Å². The van der Waals surface area contributed by atoms with Crippen molar-refractivity contribution in [2.45, 2.75) is 122 Å². The molecule has 1 fully saturated rings. The van der Waals surface area contributed by atoms with Crippen molar-refractivity contribution in [3.8, 4) is 11.8 Å². The van der Waals surface area contributed by atoms with Crippen LogP contribution in [0.3, 0.4) is 0 Å². The summed E-state index contributed by atoms with van der Waals surface area (Å²) in [6.45, 7) is 7.19. The molecular weight excluding hydrogens is 398 g/mol. The molecule has 3 atom stereocenters. The van der Waals surface area contributed by atoms with E-state index in [9.17, 15) is 5.11 Å². The molecule has 1 aromatic carbocycles. The molecule has 0 bridgehead atoms. The molecular formula is C28H45NO3. The quantitative estimate of drug-likeness (QED) is 0.259. The minimum Gasteiger partial charge on any atom is -0.378 e. The van der Waals surface area contributed by atoms with E-state index in [1.807, 2.05) is 44.2 Å². The number of hydrogen-bond acceptors (Lipinski definition) is 4. The monoisotopic (exact) mass is 443 g/mol. The fourth-order valence-electron chi connectivity index (χ4n) is 4.16. The summed E-state index contributed by atoms with van der Waals surface area (Å²) in [4.78, 5) is 0. The van der Waals surface area contributed by atoms with E-state index in [0.29, 0.717) is 13.2 Å². The van der Waals surface area contributed by atoms with Gasteiger partial charge in [0.25, 0.3) is 0 Å². The maximum Gasteiger partial charge on any atom is 0.142 e. The van der Waals surface area contributed by atoms with E-state index >= 15 is 0 Å². The summed E-state index contributed by atoms with van der Waals surface area (Å²) in [6.07, 6.45) is 12.7. The molecule has 4 heteroatoms. The van der Waals surface area contributed by atoms with Crippen molar-refractivity contribution in [3.05, 3.63) is 35.9 Å². The van der Waals surface area contributed by atoms with Gasteiger partial charge < -0.3 is 14.6 Å². The first-order valence-electron chi connectivity index (χ1n) is 12.8. The summed E-state index contributed by atoms with van der Waals surface area (Å²) < 4.78 is 11.9. The molecule has 1 aliphatic rings. The number of unbranched alkanes of at least 4 members (excludes halogenated alkanes) is 10. The fourth-order valence-corrected chi connectivity index (χ4v) is 4.16. The van der Waals surface area contributed by atoms with E-state index in [4.69, 9.17) is 9.47 Å². The van der Waals surface area contributed by atoms with Crippen molar-refractivity contribution >= 4 is 0 Å². The number of benzene rings is 1. The number of nitrogens with one attached hydrogen (secondary N) is 1. The van der Waals surface area contributed by atoms with E-state index in [-0.39, 0.29) is 6.04 Å². The van der Waals surface area contributed by atoms with Gasteiger partial charge in [-0.15, -0.1) is 5.92 Å². The second kappa shape index (κ2) is 15.5. The molecule has 0 amide bonds. The lowest BCUT2D eigenvalue weighted by Gasteiger charge is -2.27. The molecule has 0 aromatic heterocycles. The molecule has 2 N–H and O–H groups in total. The summed E-state index contributed by atoms with van der Waals surface area (Å²) in [5.41, 5.74) is 0.670. The average molecular weight is 444 g/mol. The standard InChI is InChI=1S/C28H45NO3/c1-4-5-6-7-8-9-10-11-12-13-14-18-21-26(30)27(25-23-32-28(2,3)29-25)31-22-24-19-16-15-17-20-24/h15-17,19-20,25-27,29-30H,4-14,22-23H2,1-3H3/t25-,26+,27-/m0/s1. The van der Waals surface area contributed by atoms with Crippen LogP contribution < -0.4 is 5.32 Å². The third-order valence-electron chi connectivity index (χ3n) is 6.06. The van der Waals surface area contributed by atoms with Gasteiger partial charge in [0.15, 0.2) is 0 Å². The normalized spacial score (nSPS) is 19.3. The Balaban J connectivity index is 1.70. The summed E-state index contributed by atoms with van der Waals surface area (Å²) >= 11 is 0. The number of aliphatic hydroxyl groups excluding tert-OH is 1. The first-order chi connectivity index (χ1) is 15.5. The van der Waals surface area contributed by atoms with Crippen LogP contribution in [0.1, 0.15) is 97.0 Å². The third kappa shape index (κ3) is 11.0. The molecule has 1 heterocycles. The maximum atomic E-state index is 10.8. The molecule has 0 radical (unpaired) electrons. The molecule has 1 aromatic rings. The van der Waals surface area contributed by atoms with Gasteiger partial charge >= 0.3 is 0 Å². The van der Waals surface area contributed by atoms with Gasteiger partial charge in [0, 0.05) is 6.42 Å². The van der Waals surface area contributed by atoms with E-state index in [1.54, 1.807) is 0 Å². The van der Waals surface area contributed by atoms with Crippen LogP contribution in [0.25, 0.3) is 0 Å². The van der Waals surface area contributed by atoms with Crippen molar-refractivity contribution in [2.75, 3.05) is 6.61 Å². The van der Waals surface area contributed by atoms with E-state index < -0.39 is 17.9 Å². The topological polar surface area (TPSA) is 50.7 Å². The third-order valence-corrected chi connectivity index (χ3v) is 6.06. The van der Waals surface area contributed by atoms with E-state index in [0.717, 1.165) is 18.4 Å². The largest absolute Gasteiger partial charge is 0.378 e. The maximum absolute atomic E-state index is 10.8. The predicted molar refractivity (Wildman–Crippen MR) is 132 cm³/mol. The Hall–Kier alpha value is -1.38. The number of rotatable bonds is 15. The number of ether oxygens (including phenoxy) is 2. The zero-order valence-corrected chi connectivity index (χ0v) is 20.6. The molecule has 180 valence electrons. The summed E-state index contributed by atoms with van der Waals surface area (Å²) in [7, 11) is 0. The van der Waals surface area contributed by atoms with Crippen molar-refractivity contribution in [1.29, 1.82) is 0 Å². The Morgan fingerprint density at radius 2 is 1.66 bits per heavy atom. The van der Waals surface area contributed by atoms with Gasteiger partial charge in [-0.3, -0.25) is 5.32 Å². The van der Waals surface area contributed by atoms with Crippen molar-refractivity contribution < 1.29 is 14.6 Å². The second-order valence-electron chi connectivity index (χ2n) is 9.53. The molecule has 32 heavy (non-hydrogen) atoms. The van der Waals surface area contributed by atoms with Gasteiger partial charge in [-0.25, -0.2) is 0 Å². The van der Waals surface area contributed by atoms with Gasteiger partial charge in [-0.1, -0.05) is 101 Å². The molecule has 0 spiro atoms. The van der Waals surface area contributed by atoms with Gasteiger partial charge in [0.2, 0.25) is 0 Å². The molecule has 0 saturated carbocycles. The first-order valence-corrected chi connectivity index (χ1v) is 12.8. The van der Waals surface area contributed by atoms with Crippen LogP contribution in [0.2, 0.25) is 0 Å². The second-order valence-corrected chi connectivity index (χ2v) is 9.53. The molecule has 0 aliphatic carbocycles. The Morgan fingerprint density at radius 1 is 1.03 bits per heavy atom. The summed E-state index contributed by atoms with van der Waals surface area (Å²) in [6, 6.07) is 9.96. The molecule has 1 aliphatic heterocycles. The Kier molecular flexibility index (Phi) is 13.0. The minimum absolute atomic E-state index is 0.0876. The predicted octanol–water partition coefficient (Wildman–Crippen LogP) is 5.97. The van der Waals surface area contributed by atoms with Crippen LogP contribution in [0.5, 0.6) is 0 Å². The average Bonchev–Trinajstić information content (AvgIpc) is 3.14. The SMILES string of the molecule is CCCCCCCCCCCCC#C[C@@H](O)[C@@H](OCc1ccccc1)[C@@H]1COC(C)(C)N1. The zero-order valence-electron chi connectivity index (χ0n) is 20.6. The highest BCUT2D eigenvalue weighted by atomic mass is 16.5. The number of hydrogen-bond donors (Lipinski definition) is 2. The Bertz CT molecular complexity index is 664. The van der Waals surface area contributed by atoms with Crippen molar-refractivity contribution in [2.24, 2.45) is 0 Å². The highest BCUT2D eigenvalue weighted by Gasteiger charge is 2.39. The van der Waals surface area contributed by atoms with Crippen molar-refractivity contribution in [3.63, 3.8) is 0 Å².